The van der Waals surface area contributed by atoms with Crippen molar-refractivity contribution < 1.29 is 21.9 Å². The second-order valence-electron chi connectivity index (χ2n) is 4.85. The Balaban J connectivity index is 2.80. The molecule has 1 aliphatic rings. The van der Waals surface area contributed by atoms with Crippen molar-refractivity contribution in [2.75, 3.05) is 30.9 Å². The van der Waals surface area contributed by atoms with Gasteiger partial charge in [0.1, 0.15) is 24.2 Å². The fraction of sp³-hybridized carbons (Fsp3) is 0.615. The van der Waals surface area contributed by atoms with E-state index in [0.717, 1.165) is 0 Å². The van der Waals surface area contributed by atoms with Gasteiger partial charge in [0.15, 0.2) is 0 Å². The normalized spacial score (nSPS) is 32.0. The molecule has 1 aliphatic heterocycles. The zero-order chi connectivity index (χ0) is 23.7. The molecule has 0 atom stereocenters. The molecule has 116 valence electrons. The highest BCUT2D eigenvalue weighted by Crippen LogP contribution is 2.29. The highest BCUT2D eigenvalue weighted by molar-refractivity contribution is 9.10. The zero-order valence-corrected chi connectivity index (χ0v) is 13.7. The quantitative estimate of drug-likeness (QED) is 0.695. The monoisotopic (exact) mass is 385 g/mol. The lowest BCUT2D eigenvalue weighted by molar-refractivity contribution is 0.0240. The van der Waals surface area contributed by atoms with Crippen LogP contribution in [0, 0.1) is 0 Å². The number of piperazine rings is 1. The van der Waals surface area contributed by atoms with Crippen LogP contribution in [0.3, 0.4) is 0 Å². The minimum absolute atomic E-state index is 0.0660. The van der Waals surface area contributed by atoms with Crippen molar-refractivity contribution in [1.82, 2.24) is 14.9 Å². The summed E-state index contributed by atoms with van der Waals surface area (Å²) in [5.41, 5.74) is -1.19. The van der Waals surface area contributed by atoms with Crippen LogP contribution in [-0.2, 0) is 4.74 Å². The maximum absolute atomic E-state index is 12.6. The first-order valence-electron chi connectivity index (χ1n) is 10.2. The average molecular weight is 387 g/mol. The number of nitrogens with zero attached hydrogens (tertiary/aromatic N) is 4. The third kappa shape index (κ3) is 4.20. The van der Waals surface area contributed by atoms with E-state index in [4.69, 9.17) is 28.7 Å². The van der Waals surface area contributed by atoms with Crippen LogP contribution in [0.25, 0.3) is 0 Å². The van der Waals surface area contributed by atoms with E-state index < -0.39 is 55.0 Å². The molecule has 0 bridgehead atoms. The van der Waals surface area contributed by atoms with Crippen LogP contribution in [0.15, 0.2) is 10.8 Å². The van der Waals surface area contributed by atoms with Gasteiger partial charge in [0.25, 0.3) is 0 Å². The van der Waals surface area contributed by atoms with Crippen LogP contribution in [0.4, 0.5) is 10.6 Å². The highest BCUT2D eigenvalue weighted by Gasteiger charge is 2.27. The minimum atomic E-state index is -3.45. The Bertz CT molecular complexity index is 853. The summed E-state index contributed by atoms with van der Waals surface area (Å²) in [5.74, 6) is -0.702. The van der Waals surface area contributed by atoms with E-state index in [2.05, 4.69) is 25.9 Å². The predicted molar refractivity (Wildman–Crippen MR) is 84.8 cm³/mol. The molecule has 0 saturated carbocycles. The number of halogens is 2. The van der Waals surface area contributed by atoms with E-state index in [0.29, 0.717) is 0 Å². The van der Waals surface area contributed by atoms with Gasteiger partial charge in [-0.15, -0.1) is 0 Å². The first-order valence-corrected chi connectivity index (χ1v) is 6.90. The van der Waals surface area contributed by atoms with Crippen LogP contribution in [0.5, 0.6) is 0 Å². The number of carbonyl (C=O) groups is 1. The van der Waals surface area contributed by atoms with Crippen molar-refractivity contribution >= 4 is 39.4 Å². The average Bonchev–Trinajstić information content (AvgIpc) is 2.47. The Hall–Kier alpha value is -1.08. The lowest BCUT2D eigenvalue weighted by atomic mass is 10.2. The number of amides is 1. The SMILES string of the molecule is [2H]c1nc(Cl)c(Br)c(N2C([2H])([2H])C([2H])([2H])N(C(=O)OC(C)(C)C)C([2H])([2H])C2([2H])[2H])n1. The Kier molecular flexibility index (Phi) is 2.41. The first-order chi connectivity index (χ1) is 13.2. The van der Waals surface area contributed by atoms with Gasteiger partial charge in [0.05, 0.1) is 15.4 Å². The second kappa shape index (κ2) is 6.36. The molecular weight excluding hydrogens is 360 g/mol. The minimum Gasteiger partial charge on any atom is -0.444 e. The number of hydrogen-bond donors (Lipinski definition) is 0. The van der Waals surface area contributed by atoms with Gasteiger partial charge in [-0.3, -0.25) is 0 Å². The summed E-state index contributed by atoms with van der Waals surface area (Å²) in [4.78, 5) is 19.6. The molecule has 0 aromatic carbocycles. The van der Waals surface area contributed by atoms with Gasteiger partial charge >= 0.3 is 6.09 Å². The lowest BCUT2D eigenvalue weighted by Gasteiger charge is -2.36. The molecule has 0 spiro atoms. The molecule has 2 rings (SSSR count). The van der Waals surface area contributed by atoms with Crippen LogP contribution >= 0.6 is 27.5 Å². The molecule has 8 heteroatoms. The van der Waals surface area contributed by atoms with Gasteiger partial charge < -0.3 is 14.5 Å². The van der Waals surface area contributed by atoms with Gasteiger partial charge in [0, 0.05) is 26.0 Å². The number of hydrogen-bond acceptors (Lipinski definition) is 5. The Morgan fingerprint density at radius 2 is 2.05 bits per heavy atom. The fourth-order valence-electron chi connectivity index (χ4n) is 1.22. The van der Waals surface area contributed by atoms with Crippen molar-refractivity contribution in [2.45, 2.75) is 26.4 Å². The van der Waals surface area contributed by atoms with Gasteiger partial charge in [-0.25, -0.2) is 14.8 Å². The number of ether oxygens (including phenoxy) is 1. The summed E-state index contributed by atoms with van der Waals surface area (Å²) in [5, 5.41) is -0.396. The molecule has 1 amide bonds. The van der Waals surface area contributed by atoms with E-state index in [1.54, 1.807) is 0 Å². The number of aromatic nitrogens is 2. The van der Waals surface area contributed by atoms with Gasteiger partial charge in [-0.05, 0) is 36.7 Å². The summed E-state index contributed by atoms with van der Waals surface area (Å²) in [6.45, 7) is -9.40. The Labute approximate surface area is 150 Å². The van der Waals surface area contributed by atoms with E-state index in [1.165, 1.54) is 20.8 Å². The van der Waals surface area contributed by atoms with Gasteiger partial charge in [-0.2, -0.15) is 0 Å². The van der Waals surface area contributed by atoms with Crippen molar-refractivity contribution in [3.05, 3.63) is 15.9 Å². The maximum Gasteiger partial charge on any atom is 0.410 e. The Morgan fingerprint density at radius 3 is 2.62 bits per heavy atom. The molecule has 2 heterocycles. The van der Waals surface area contributed by atoms with E-state index >= 15 is 0 Å². The summed E-state index contributed by atoms with van der Waals surface area (Å²) in [6.07, 6.45) is -2.33. The molecule has 6 nitrogen and oxygen atoms in total. The van der Waals surface area contributed by atoms with Crippen LogP contribution < -0.4 is 4.90 Å². The van der Waals surface area contributed by atoms with Crippen molar-refractivity contribution in [3.63, 3.8) is 0 Å². The summed E-state index contributed by atoms with van der Waals surface area (Å²) in [6, 6.07) is 0. The van der Waals surface area contributed by atoms with E-state index in [9.17, 15) is 4.79 Å². The molecule has 1 aromatic rings. The topological polar surface area (TPSA) is 58.6 Å². The molecule has 1 fully saturated rings. The van der Waals surface area contributed by atoms with E-state index in [1.807, 2.05) is 0 Å². The third-order valence-corrected chi connectivity index (χ3v) is 3.25. The van der Waals surface area contributed by atoms with Crippen molar-refractivity contribution in [2.24, 2.45) is 0 Å². The molecule has 0 aliphatic carbocycles. The highest BCUT2D eigenvalue weighted by atomic mass is 79.9. The first kappa shape index (κ1) is 7.97. The molecule has 21 heavy (non-hydrogen) atoms. The van der Waals surface area contributed by atoms with Crippen LogP contribution in [0.2, 0.25) is 5.15 Å². The van der Waals surface area contributed by atoms with Crippen LogP contribution in [-0.4, -0.2) is 52.5 Å². The standard InChI is InChI=1S/C13H18BrClN4O2/c1-13(2,3)21-12(20)19-6-4-18(5-7-19)11-9(14)10(15)16-8-17-11/h8H,4-7H2,1-3H3/i4D2,5D2,6D2,7D2,8D. The van der Waals surface area contributed by atoms with E-state index in [-0.39, 0.29) is 14.3 Å². The number of anilines is 1. The maximum atomic E-state index is 12.6. The molecule has 0 unspecified atom stereocenters. The molecule has 1 aromatic heterocycles. The smallest absolute Gasteiger partial charge is 0.410 e. The molecular formula is C13H18BrClN4O2. The van der Waals surface area contributed by atoms with Crippen molar-refractivity contribution in [1.29, 1.82) is 0 Å². The van der Waals surface area contributed by atoms with Crippen molar-refractivity contribution in [3.8, 4) is 0 Å². The molecule has 1 saturated heterocycles. The largest absolute Gasteiger partial charge is 0.444 e. The predicted octanol–water partition coefficient (Wildman–Crippen LogP) is 2.95. The fourth-order valence-corrected chi connectivity index (χ4v) is 1.69. The second-order valence-corrected chi connectivity index (χ2v) is 6.00. The number of rotatable bonds is 1. The Morgan fingerprint density at radius 1 is 1.43 bits per heavy atom. The lowest BCUT2D eigenvalue weighted by Crippen LogP contribution is -2.50. The molecule has 0 N–H and O–H groups in total. The zero-order valence-electron chi connectivity index (χ0n) is 20.4. The summed E-state index contributed by atoms with van der Waals surface area (Å²) in [7, 11) is 0. The third-order valence-electron chi connectivity index (χ3n) is 2.02. The molecule has 0 radical (unpaired) electrons. The van der Waals surface area contributed by atoms with Gasteiger partial charge in [0.2, 0.25) is 0 Å². The van der Waals surface area contributed by atoms with Crippen LogP contribution in [0.1, 0.15) is 33.1 Å². The summed E-state index contributed by atoms with van der Waals surface area (Å²) < 4.78 is 78.6. The van der Waals surface area contributed by atoms with Gasteiger partial charge in [-0.1, -0.05) is 11.6 Å². The number of carbonyl (C=O) groups excluding carboxylic acids is 1. The summed E-state index contributed by atoms with van der Waals surface area (Å²) >= 11 is 8.80.